The summed E-state index contributed by atoms with van der Waals surface area (Å²) >= 11 is 1.39. The zero-order chi connectivity index (χ0) is 28.2. The Morgan fingerprint density at radius 1 is 1.10 bits per heavy atom. The third kappa shape index (κ3) is 7.04. The molecule has 4 rings (SSSR count). The highest BCUT2D eigenvalue weighted by Crippen LogP contribution is 2.27. The third-order valence-corrected chi connectivity index (χ3v) is 9.82. The van der Waals surface area contributed by atoms with E-state index < -0.39 is 16.1 Å². The van der Waals surface area contributed by atoms with Gasteiger partial charge in [0.1, 0.15) is 12.1 Å². The van der Waals surface area contributed by atoms with Crippen molar-refractivity contribution in [3.05, 3.63) is 65.0 Å². The van der Waals surface area contributed by atoms with Gasteiger partial charge in [-0.15, -0.1) is 11.3 Å². The highest BCUT2D eigenvalue weighted by atomic mass is 32.2. The number of thiophene rings is 1. The van der Waals surface area contributed by atoms with Crippen molar-refractivity contribution in [2.45, 2.75) is 63.4 Å². The molecule has 39 heavy (non-hydrogen) atoms. The maximum absolute atomic E-state index is 13.4. The SMILES string of the molecule is CC(C)(C)C[C@H](NC(=O)c1cc2ccccc2s1)C(=O)N[C@@H]1CCCN(S(=O)(=O)c2ccccc2C#N)CC1. The molecule has 0 aliphatic carbocycles. The molecule has 2 atom stereocenters. The van der Waals surface area contributed by atoms with Crippen LogP contribution < -0.4 is 10.6 Å². The molecule has 206 valence electrons. The second kappa shape index (κ2) is 11.9. The number of nitrogens with one attached hydrogen (secondary N) is 2. The normalized spacial score (nSPS) is 17.6. The molecule has 10 heteroatoms. The monoisotopic (exact) mass is 566 g/mol. The Bertz CT molecular complexity index is 1470. The van der Waals surface area contributed by atoms with Crippen molar-refractivity contribution in [2.24, 2.45) is 5.41 Å². The predicted octanol–water partition coefficient (Wildman–Crippen LogP) is 4.67. The molecule has 0 saturated carbocycles. The van der Waals surface area contributed by atoms with Crippen LogP contribution in [0.1, 0.15) is 61.7 Å². The van der Waals surface area contributed by atoms with E-state index >= 15 is 0 Å². The standard InChI is InChI=1S/C29H34N4O4S2/c1-29(2,3)18-23(32-28(35)25-17-20-9-4-6-12-24(20)38-25)27(34)31-22-11-8-15-33(16-14-22)39(36,37)26-13-7-5-10-21(26)19-30/h4-7,9-10,12-13,17,22-23H,8,11,14-16,18H2,1-3H3,(H,31,34)(H,32,35)/t22-,23+/m1/s1. The minimum atomic E-state index is -3.84. The summed E-state index contributed by atoms with van der Waals surface area (Å²) in [5, 5.41) is 16.4. The first-order valence-electron chi connectivity index (χ1n) is 13.1. The summed E-state index contributed by atoms with van der Waals surface area (Å²) in [4.78, 5) is 27.1. The van der Waals surface area contributed by atoms with Gasteiger partial charge in [0.15, 0.2) is 0 Å². The Labute approximate surface area is 234 Å². The van der Waals surface area contributed by atoms with Gasteiger partial charge >= 0.3 is 0 Å². The van der Waals surface area contributed by atoms with E-state index in [1.165, 1.54) is 27.8 Å². The number of fused-ring (bicyclic) bond motifs is 1. The van der Waals surface area contributed by atoms with Crippen LogP contribution in [-0.4, -0.2) is 49.7 Å². The molecule has 0 bridgehead atoms. The van der Waals surface area contributed by atoms with Gasteiger partial charge in [-0.1, -0.05) is 51.1 Å². The molecule has 1 saturated heterocycles. The van der Waals surface area contributed by atoms with Crippen LogP contribution in [0.25, 0.3) is 10.1 Å². The molecule has 1 aliphatic heterocycles. The zero-order valence-corrected chi connectivity index (χ0v) is 24.1. The lowest BCUT2D eigenvalue weighted by atomic mass is 9.87. The van der Waals surface area contributed by atoms with E-state index in [9.17, 15) is 23.3 Å². The maximum Gasteiger partial charge on any atom is 0.262 e. The number of carbonyl (C=O) groups is 2. The van der Waals surface area contributed by atoms with E-state index in [0.717, 1.165) is 10.1 Å². The molecular weight excluding hydrogens is 532 g/mol. The minimum Gasteiger partial charge on any atom is -0.352 e. The van der Waals surface area contributed by atoms with Crippen LogP contribution in [0, 0.1) is 16.7 Å². The summed E-state index contributed by atoms with van der Waals surface area (Å²) < 4.78 is 29.0. The Hall–Kier alpha value is -3.26. The van der Waals surface area contributed by atoms with Gasteiger partial charge in [0.2, 0.25) is 15.9 Å². The average molecular weight is 567 g/mol. The van der Waals surface area contributed by atoms with E-state index in [-0.39, 0.29) is 40.3 Å². The lowest BCUT2D eigenvalue weighted by Gasteiger charge is -2.28. The lowest BCUT2D eigenvalue weighted by Crippen LogP contribution is -2.51. The van der Waals surface area contributed by atoms with Gasteiger partial charge in [-0.2, -0.15) is 9.57 Å². The largest absolute Gasteiger partial charge is 0.352 e. The first kappa shape index (κ1) is 28.7. The van der Waals surface area contributed by atoms with Crippen LogP contribution in [0.5, 0.6) is 0 Å². The summed E-state index contributed by atoms with van der Waals surface area (Å²) in [6, 6.07) is 16.8. The van der Waals surface area contributed by atoms with Gasteiger partial charge in [0, 0.05) is 23.8 Å². The zero-order valence-electron chi connectivity index (χ0n) is 22.4. The van der Waals surface area contributed by atoms with Crippen LogP contribution >= 0.6 is 11.3 Å². The molecular formula is C29H34N4O4S2. The van der Waals surface area contributed by atoms with Crippen molar-refractivity contribution < 1.29 is 18.0 Å². The van der Waals surface area contributed by atoms with Crippen molar-refractivity contribution in [1.29, 1.82) is 5.26 Å². The fourth-order valence-electron chi connectivity index (χ4n) is 4.82. The number of hydrogen-bond acceptors (Lipinski definition) is 6. The van der Waals surface area contributed by atoms with E-state index in [4.69, 9.17) is 0 Å². The third-order valence-electron chi connectivity index (χ3n) is 6.75. The van der Waals surface area contributed by atoms with Crippen LogP contribution in [0.4, 0.5) is 0 Å². The van der Waals surface area contributed by atoms with Crippen LogP contribution in [0.3, 0.4) is 0 Å². The van der Waals surface area contributed by atoms with Gasteiger partial charge in [-0.3, -0.25) is 9.59 Å². The van der Waals surface area contributed by atoms with Gasteiger partial charge in [-0.05, 0) is 60.7 Å². The molecule has 8 nitrogen and oxygen atoms in total. The molecule has 2 amide bonds. The van der Waals surface area contributed by atoms with E-state index in [1.807, 2.05) is 57.2 Å². The number of benzene rings is 2. The summed E-state index contributed by atoms with van der Waals surface area (Å²) in [6.07, 6.45) is 2.07. The number of nitriles is 1. The number of rotatable bonds is 7. The molecule has 1 aliphatic rings. The summed E-state index contributed by atoms with van der Waals surface area (Å²) in [5.74, 6) is -0.551. The van der Waals surface area contributed by atoms with Crippen LogP contribution in [-0.2, 0) is 14.8 Å². The van der Waals surface area contributed by atoms with E-state index in [1.54, 1.807) is 12.1 Å². The smallest absolute Gasteiger partial charge is 0.262 e. The molecule has 0 radical (unpaired) electrons. The van der Waals surface area contributed by atoms with E-state index in [0.29, 0.717) is 37.1 Å². The highest BCUT2D eigenvalue weighted by molar-refractivity contribution is 7.89. The Kier molecular flexibility index (Phi) is 8.74. The number of sulfonamides is 1. The number of hydrogen-bond donors (Lipinski definition) is 2. The van der Waals surface area contributed by atoms with Crippen molar-refractivity contribution in [3.8, 4) is 6.07 Å². The first-order chi connectivity index (χ1) is 18.5. The van der Waals surface area contributed by atoms with E-state index in [2.05, 4.69) is 10.6 Å². The molecule has 2 aromatic carbocycles. The fourth-order valence-corrected chi connectivity index (χ4v) is 7.43. The molecule has 2 heterocycles. The molecule has 2 N–H and O–H groups in total. The first-order valence-corrected chi connectivity index (χ1v) is 15.3. The lowest BCUT2D eigenvalue weighted by molar-refractivity contribution is -0.124. The molecule has 1 fully saturated rings. The topological polar surface area (TPSA) is 119 Å². The number of nitrogens with zero attached hydrogens (tertiary/aromatic N) is 2. The number of amides is 2. The average Bonchev–Trinajstić information content (AvgIpc) is 3.19. The van der Waals surface area contributed by atoms with Gasteiger partial charge in [-0.25, -0.2) is 8.42 Å². The summed E-state index contributed by atoms with van der Waals surface area (Å²) in [7, 11) is -3.84. The van der Waals surface area contributed by atoms with Crippen molar-refractivity contribution in [1.82, 2.24) is 14.9 Å². The fraction of sp³-hybridized carbons (Fsp3) is 0.414. The quantitative estimate of drug-likeness (QED) is 0.431. The maximum atomic E-state index is 13.4. The number of carbonyl (C=O) groups excluding carboxylic acids is 2. The molecule has 3 aromatic rings. The van der Waals surface area contributed by atoms with Crippen molar-refractivity contribution >= 4 is 43.3 Å². The Balaban J connectivity index is 1.44. The summed E-state index contributed by atoms with van der Waals surface area (Å²) in [5.41, 5.74) is -0.0937. The van der Waals surface area contributed by atoms with Crippen molar-refractivity contribution in [3.63, 3.8) is 0 Å². The van der Waals surface area contributed by atoms with Gasteiger partial charge in [0.25, 0.3) is 5.91 Å². The Morgan fingerprint density at radius 3 is 2.54 bits per heavy atom. The second-order valence-corrected chi connectivity index (χ2v) is 14.1. The van der Waals surface area contributed by atoms with Gasteiger partial charge < -0.3 is 10.6 Å². The van der Waals surface area contributed by atoms with Crippen molar-refractivity contribution in [2.75, 3.05) is 13.1 Å². The molecule has 0 unspecified atom stereocenters. The highest BCUT2D eigenvalue weighted by Gasteiger charge is 2.32. The van der Waals surface area contributed by atoms with Crippen LogP contribution in [0.2, 0.25) is 0 Å². The Morgan fingerprint density at radius 2 is 1.82 bits per heavy atom. The molecule has 0 spiro atoms. The second-order valence-electron chi connectivity index (χ2n) is 11.1. The minimum absolute atomic E-state index is 0.00387. The summed E-state index contributed by atoms with van der Waals surface area (Å²) in [6.45, 7) is 6.60. The van der Waals surface area contributed by atoms with Crippen LogP contribution in [0.15, 0.2) is 59.5 Å². The predicted molar refractivity (Wildman–Crippen MR) is 153 cm³/mol. The molecule has 1 aromatic heterocycles. The van der Waals surface area contributed by atoms with Gasteiger partial charge in [0.05, 0.1) is 15.3 Å².